The molecule has 0 aromatic rings. The summed E-state index contributed by atoms with van der Waals surface area (Å²) >= 11 is 0. The van der Waals surface area contributed by atoms with Gasteiger partial charge in [0.25, 0.3) is 0 Å². The molecule has 0 N–H and O–H groups in total. The van der Waals surface area contributed by atoms with E-state index in [2.05, 4.69) is 18.7 Å². The lowest BCUT2D eigenvalue weighted by atomic mass is 10.3. The second kappa shape index (κ2) is 8.05. The molecular weight excluding hydrogens is 194 g/mol. The van der Waals surface area contributed by atoms with Gasteiger partial charge in [0.2, 0.25) is 0 Å². The Hall–Kier alpha value is -0.160. The van der Waals surface area contributed by atoms with Crippen molar-refractivity contribution in [3.05, 3.63) is 0 Å². The molecule has 1 fully saturated rings. The zero-order valence-corrected chi connectivity index (χ0v) is 9.91. The topological polar surface area (TPSA) is 30.9 Å². The predicted octanol–water partition coefficient (Wildman–Crippen LogP) is 0.760. The Bertz CT molecular complexity index is 141. The van der Waals surface area contributed by atoms with Gasteiger partial charge in [-0.3, -0.25) is 4.90 Å². The van der Waals surface area contributed by atoms with Gasteiger partial charge in [0.05, 0.1) is 39.6 Å². The quantitative estimate of drug-likeness (QED) is 0.649. The van der Waals surface area contributed by atoms with Crippen molar-refractivity contribution in [1.29, 1.82) is 0 Å². The molecule has 0 aromatic carbocycles. The van der Waals surface area contributed by atoms with Gasteiger partial charge in [0, 0.05) is 19.1 Å². The largest absolute Gasteiger partial charge is 0.378 e. The van der Waals surface area contributed by atoms with Gasteiger partial charge in [0.1, 0.15) is 0 Å². The maximum absolute atomic E-state index is 5.48. The Labute approximate surface area is 92.5 Å². The molecule has 90 valence electrons. The third kappa shape index (κ3) is 6.10. The third-order valence-electron chi connectivity index (χ3n) is 2.52. The number of rotatable bonds is 1. The summed E-state index contributed by atoms with van der Waals surface area (Å²) in [6, 6.07) is 0.552. The highest BCUT2D eigenvalue weighted by molar-refractivity contribution is 4.62. The van der Waals surface area contributed by atoms with Gasteiger partial charge in [-0.2, -0.15) is 0 Å². The highest BCUT2D eigenvalue weighted by Gasteiger charge is 2.09. The molecular formula is C11H23NO3. The zero-order valence-electron chi connectivity index (χ0n) is 9.91. The number of hydrogen-bond donors (Lipinski definition) is 0. The summed E-state index contributed by atoms with van der Waals surface area (Å²) in [5, 5.41) is 0. The Kier molecular flexibility index (Phi) is 6.92. The van der Waals surface area contributed by atoms with Crippen LogP contribution in [0.5, 0.6) is 0 Å². The van der Waals surface area contributed by atoms with Gasteiger partial charge >= 0.3 is 0 Å². The fourth-order valence-corrected chi connectivity index (χ4v) is 1.53. The molecule has 0 aliphatic carbocycles. The SMILES string of the molecule is CC(C)N1CCOCCOCCOCC1. The van der Waals surface area contributed by atoms with Gasteiger partial charge in [0.15, 0.2) is 0 Å². The molecule has 1 heterocycles. The average Bonchev–Trinajstić information content (AvgIpc) is 2.18. The van der Waals surface area contributed by atoms with Crippen LogP contribution in [0.3, 0.4) is 0 Å². The van der Waals surface area contributed by atoms with E-state index in [-0.39, 0.29) is 0 Å². The minimum absolute atomic E-state index is 0.552. The fraction of sp³-hybridized carbons (Fsp3) is 1.00. The summed E-state index contributed by atoms with van der Waals surface area (Å²) in [7, 11) is 0. The fourth-order valence-electron chi connectivity index (χ4n) is 1.53. The van der Waals surface area contributed by atoms with E-state index in [4.69, 9.17) is 14.2 Å². The van der Waals surface area contributed by atoms with Gasteiger partial charge < -0.3 is 14.2 Å². The summed E-state index contributed by atoms with van der Waals surface area (Å²) in [6.45, 7) is 10.6. The van der Waals surface area contributed by atoms with Crippen molar-refractivity contribution >= 4 is 0 Å². The molecule has 0 amide bonds. The number of nitrogens with zero attached hydrogens (tertiary/aromatic N) is 1. The third-order valence-corrected chi connectivity index (χ3v) is 2.52. The minimum atomic E-state index is 0.552. The molecule has 4 heteroatoms. The van der Waals surface area contributed by atoms with Crippen LogP contribution >= 0.6 is 0 Å². The van der Waals surface area contributed by atoms with E-state index in [1.54, 1.807) is 0 Å². The lowest BCUT2D eigenvalue weighted by Gasteiger charge is -2.26. The highest BCUT2D eigenvalue weighted by atomic mass is 16.5. The van der Waals surface area contributed by atoms with Crippen LogP contribution in [0.15, 0.2) is 0 Å². The second-order valence-electron chi connectivity index (χ2n) is 3.97. The van der Waals surface area contributed by atoms with Gasteiger partial charge in [-0.05, 0) is 13.8 Å². The summed E-state index contributed by atoms with van der Waals surface area (Å²) in [4.78, 5) is 2.38. The van der Waals surface area contributed by atoms with Crippen molar-refractivity contribution in [2.24, 2.45) is 0 Å². The van der Waals surface area contributed by atoms with E-state index in [0.29, 0.717) is 32.5 Å². The minimum Gasteiger partial charge on any atom is -0.378 e. The molecule has 15 heavy (non-hydrogen) atoms. The molecule has 0 bridgehead atoms. The van der Waals surface area contributed by atoms with Crippen LogP contribution in [0.2, 0.25) is 0 Å². The van der Waals surface area contributed by atoms with Crippen molar-refractivity contribution in [3.8, 4) is 0 Å². The van der Waals surface area contributed by atoms with E-state index in [1.807, 2.05) is 0 Å². The number of ether oxygens (including phenoxy) is 3. The monoisotopic (exact) mass is 217 g/mol. The van der Waals surface area contributed by atoms with Crippen molar-refractivity contribution in [2.45, 2.75) is 19.9 Å². The highest BCUT2D eigenvalue weighted by Crippen LogP contribution is 1.98. The van der Waals surface area contributed by atoms with Crippen LogP contribution in [0.1, 0.15) is 13.8 Å². The van der Waals surface area contributed by atoms with Crippen LogP contribution in [0.25, 0.3) is 0 Å². The van der Waals surface area contributed by atoms with Gasteiger partial charge in [-0.1, -0.05) is 0 Å². The van der Waals surface area contributed by atoms with Gasteiger partial charge in [-0.15, -0.1) is 0 Å². The first-order chi connectivity index (χ1) is 7.30. The van der Waals surface area contributed by atoms with Crippen molar-refractivity contribution in [3.63, 3.8) is 0 Å². The summed E-state index contributed by atoms with van der Waals surface area (Å²) < 4.78 is 16.3. The van der Waals surface area contributed by atoms with Crippen molar-refractivity contribution in [1.82, 2.24) is 4.90 Å². The average molecular weight is 217 g/mol. The molecule has 0 spiro atoms. The van der Waals surface area contributed by atoms with E-state index in [0.717, 1.165) is 26.3 Å². The molecule has 1 aliphatic rings. The van der Waals surface area contributed by atoms with Gasteiger partial charge in [-0.25, -0.2) is 0 Å². The van der Waals surface area contributed by atoms with Crippen LogP contribution in [-0.2, 0) is 14.2 Å². The Morgan fingerprint density at radius 1 is 0.733 bits per heavy atom. The molecule has 1 aliphatic heterocycles. The van der Waals surface area contributed by atoms with Crippen molar-refractivity contribution < 1.29 is 14.2 Å². The lowest BCUT2D eigenvalue weighted by Crippen LogP contribution is -2.37. The Balaban J connectivity index is 2.25. The molecule has 1 saturated heterocycles. The zero-order chi connectivity index (χ0) is 10.9. The number of hydrogen-bond acceptors (Lipinski definition) is 4. The first-order valence-electron chi connectivity index (χ1n) is 5.78. The summed E-state index contributed by atoms with van der Waals surface area (Å²) in [5.74, 6) is 0. The normalized spacial score (nSPS) is 23.4. The molecule has 0 aromatic heterocycles. The van der Waals surface area contributed by atoms with Crippen LogP contribution in [-0.4, -0.2) is 63.7 Å². The summed E-state index contributed by atoms with van der Waals surface area (Å²) in [6.07, 6.45) is 0. The lowest BCUT2D eigenvalue weighted by molar-refractivity contribution is -0.00981. The standard InChI is InChI=1S/C11H23NO3/c1-11(2)12-3-5-13-7-9-15-10-8-14-6-4-12/h11H,3-10H2,1-2H3. The van der Waals surface area contributed by atoms with E-state index in [9.17, 15) is 0 Å². The van der Waals surface area contributed by atoms with E-state index >= 15 is 0 Å². The second-order valence-corrected chi connectivity index (χ2v) is 3.97. The smallest absolute Gasteiger partial charge is 0.0701 e. The molecule has 4 nitrogen and oxygen atoms in total. The Morgan fingerprint density at radius 3 is 1.53 bits per heavy atom. The van der Waals surface area contributed by atoms with E-state index < -0.39 is 0 Å². The molecule has 0 unspecified atom stereocenters. The van der Waals surface area contributed by atoms with Crippen LogP contribution in [0.4, 0.5) is 0 Å². The first kappa shape index (κ1) is 12.9. The molecule has 0 atom stereocenters. The molecule has 1 rings (SSSR count). The van der Waals surface area contributed by atoms with Crippen molar-refractivity contribution in [2.75, 3.05) is 52.7 Å². The predicted molar refractivity (Wildman–Crippen MR) is 59.2 cm³/mol. The molecule has 0 radical (unpaired) electrons. The molecule has 0 saturated carbocycles. The maximum Gasteiger partial charge on any atom is 0.0701 e. The van der Waals surface area contributed by atoms with Crippen LogP contribution in [0, 0.1) is 0 Å². The maximum atomic E-state index is 5.48. The van der Waals surface area contributed by atoms with Crippen LogP contribution < -0.4 is 0 Å². The Morgan fingerprint density at radius 2 is 1.13 bits per heavy atom. The van der Waals surface area contributed by atoms with E-state index in [1.165, 1.54) is 0 Å². The summed E-state index contributed by atoms with van der Waals surface area (Å²) in [5.41, 5.74) is 0. The first-order valence-corrected chi connectivity index (χ1v) is 5.78.